The Kier molecular flexibility index (Phi) is 7.00. The van der Waals surface area contributed by atoms with Gasteiger partial charge in [-0.2, -0.15) is 0 Å². The monoisotopic (exact) mass is 454 g/mol. The van der Waals surface area contributed by atoms with Crippen LogP contribution in [-0.2, 0) is 4.84 Å². The van der Waals surface area contributed by atoms with E-state index in [9.17, 15) is 8.78 Å². The van der Waals surface area contributed by atoms with Gasteiger partial charge < -0.3 is 15.1 Å². The topological polar surface area (TPSA) is 56.8 Å². The zero-order valence-electron chi connectivity index (χ0n) is 19.0. The summed E-state index contributed by atoms with van der Waals surface area (Å²) in [5.41, 5.74) is 2.52. The maximum Gasteiger partial charge on any atom is 0.158 e. The molecule has 2 heterocycles. The van der Waals surface area contributed by atoms with Gasteiger partial charge in [-0.3, -0.25) is 4.84 Å². The first-order chi connectivity index (χ1) is 15.9. The molecule has 0 aliphatic carbocycles. The smallest absolute Gasteiger partial charge is 0.158 e. The molecule has 0 amide bonds. The lowest BCUT2D eigenvalue weighted by Gasteiger charge is -2.24. The molecule has 4 rings (SSSR count). The van der Waals surface area contributed by atoms with E-state index in [1.54, 1.807) is 11.1 Å². The molecule has 2 aromatic carbocycles. The zero-order valence-corrected chi connectivity index (χ0v) is 19.0. The number of likely N-dealkylation sites (N-methyl/N-ethyl adjacent to an activating group) is 2. The second-order valence-electron chi connectivity index (χ2n) is 8.32. The van der Waals surface area contributed by atoms with Crippen molar-refractivity contribution in [2.45, 2.75) is 12.5 Å². The lowest BCUT2D eigenvalue weighted by molar-refractivity contribution is 0.156. The third kappa shape index (κ3) is 5.74. The third-order valence-electron chi connectivity index (χ3n) is 5.52. The molecule has 0 saturated carbocycles. The first-order valence-corrected chi connectivity index (χ1v) is 10.8. The molecule has 174 valence electrons. The number of hydroxylamine groups is 1. The Hall–Kier alpha value is -3.30. The fraction of sp³-hybridized carbons (Fsp3) is 0.333. The number of benzene rings is 2. The number of aromatic nitrogens is 2. The van der Waals surface area contributed by atoms with E-state index < -0.39 is 11.6 Å². The quantitative estimate of drug-likeness (QED) is 0.542. The molecular weight excluding hydrogens is 426 g/mol. The summed E-state index contributed by atoms with van der Waals surface area (Å²) >= 11 is 0. The van der Waals surface area contributed by atoms with Crippen LogP contribution in [0.5, 0.6) is 0 Å². The van der Waals surface area contributed by atoms with Crippen LogP contribution in [0.2, 0.25) is 0 Å². The molecule has 1 saturated heterocycles. The highest BCUT2D eigenvalue weighted by Crippen LogP contribution is 2.35. The second kappa shape index (κ2) is 10.1. The Bertz CT molecular complexity index is 1060. The van der Waals surface area contributed by atoms with Crippen LogP contribution in [0.4, 0.5) is 31.8 Å². The summed E-state index contributed by atoms with van der Waals surface area (Å²) in [7, 11) is 6.19. The van der Waals surface area contributed by atoms with Crippen molar-refractivity contribution in [3.8, 4) is 0 Å². The van der Waals surface area contributed by atoms with Gasteiger partial charge in [0.1, 0.15) is 23.8 Å². The highest BCUT2D eigenvalue weighted by atomic mass is 19.1. The molecule has 1 aliphatic rings. The van der Waals surface area contributed by atoms with Crippen molar-refractivity contribution >= 4 is 23.0 Å². The van der Waals surface area contributed by atoms with E-state index in [0.717, 1.165) is 30.5 Å². The van der Waals surface area contributed by atoms with E-state index in [0.29, 0.717) is 30.2 Å². The average molecular weight is 455 g/mol. The van der Waals surface area contributed by atoms with Gasteiger partial charge in [-0.05, 0) is 56.1 Å². The summed E-state index contributed by atoms with van der Waals surface area (Å²) < 4.78 is 27.5. The first kappa shape index (κ1) is 22.9. The Morgan fingerprint density at radius 3 is 2.42 bits per heavy atom. The maximum atomic E-state index is 13.7. The summed E-state index contributed by atoms with van der Waals surface area (Å²) in [6, 6.07) is 13.0. The number of hydrogen-bond acceptors (Lipinski definition) is 7. The molecule has 0 radical (unpaired) electrons. The number of rotatable bonds is 8. The predicted molar refractivity (Wildman–Crippen MR) is 126 cm³/mol. The molecule has 0 unspecified atom stereocenters. The minimum atomic E-state index is -0.613. The van der Waals surface area contributed by atoms with Gasteiger partial charge >= 0.3 is 0 Å². The Balaban J connectivity index is 1.46. The van der Waals surface area contributed by atoms with Crippen molar-refractivity contribution in [2.24, 2.45) is 0 Å². The van der Waals surface area contributed by atoms with Crippen molar-refractivity contribution in [3.05, 3.63) is 72.1 Å². The summed E-state index contributed by atoms with van der Waals surface area (Å²) in [4.78, 5) is 18.7. The van der Waals surface area contributed by atoms with E-state index in [2.05, 4.69) is 58.4 Å². The normalized spacial score (nSPS) is 15.8. The van der Waals surface area contributed by atoms with Crippen molar-refractivity contribution in [3.63, 3.8) is 0 Å². The molecule has 0 bridgehead atoms. The van der Waals surface area contributed by atoms with Crippen molar-refractivity contribution in [2.75, 3.05) is 56.1 Å². The van der Waals surface area contributed by atoms with Gasteiger partial charge in [0.2, 0.25) is 0 Å². The molecule has 7 nitrogen and oxygen atoms in total. The zero-order chi connectivity index (χ0) is 23.4. The van der Waals surface area contributed by atoms with Crippen LogP contribution < -0.4 is 15.3 Å². The molecular formula is C24H28F2N6O. The van der Waals surface area contributed by atoms with Gasteiger partial charge in [0.15, 0.2) is 5.82 Å². The molecule has 3 aromatic rings. The Labute approximate surface area is 192 Å². The third-order valence-corrected chi connectivity index (χ3v) is 5.52. The van der Waals surface area contributed by atoms with E-state index >= 15 is 0 Å². The van der Waals surface area contributed by atoms with Crippen LogP contribution in [0.3, 0.4) is 0 Å². The summed E-state index contributed by atoms with van der Waals surface area (Å²) in [6.45, 7) is 2.33. The van der Waals surface area contributed by atoms with Crippen LogP contribution in [0.25, 0.3) is 0 Å². The number of anilines is 4. The van der Waals surface area contributed by atoms with E-state index in [4.69, 9.17) is 4.84 Å². The lowest BCUT2D eigenvalue weighted by atomic mass is 10.0. The molecule has 1 fully saturated rings. The van der Waals surface area contributed by atoms with E-state index in [-0.39, 0.29) is 6.04 Å². The number of halogens is 2. The van der Waals surface area contributed by atoms with Crippen LogP contribution in [-0.4, -0.2) is 55.7 Å². The van der Waals surface area contributed by atoms with Crippen LogP contribution in [0, 0.1) is 11.6 Å². The fourth-order valence-corrected chi connectivity index (χ4v) is 3.73. The Morgan fingerprint density at radius 2 is 1.73 bits per heavy atom. The molecule has 1 N–H and O–H groups in total. The highest BCUT2D eigenvalue weighted by Gasteiger charge is 2.30. The number of nitrogens with one attached hydrogen (secondary N) is 1. The molecule has 1 aliphatic heterocycles. The SMILES string of the molecule is CN(C)CCN(C)c1ccc(Nc2cc(N3OCC[C@@H]3c3cc(F)cc(F)c3)ncn2)cc1. The summed E-state index contributed by atoms with van der Waals surface area (Å²) in [5, 5.41) is 4.86. The fourth-order valence-electron chi connectivity index (χ4n) is 3.73. The lowest BCUT2D eigenvalue weighted by Crippen LogP contribution is -2.28. The summed E-state index contributed by atoms with van der Waals surface area (Å²) in [6.07, 6.45) is 2.03. The van der Waals surface area contributed by atoms with Gasteiger partial charge in [-0.25, -0.2) is 23.8 Å². The standard InChI is InChI=1S/C24H28F2N6O/c1-30(2)9-10-31(3)21-6-4-20(5-7-21)29-23-15-24(28-16-27-23)32-22(8-11-33-32)17-12-18(25)14-19(26)13-17/h4-7,12-16,22H,8-11H2,1-3H3,(H,27,28,29)/t22-/m1/s1. The predicted octanol–water partition coefficient (Wildman–Crippen LogP) is 4.38. The molecule has 1 atom stereocenters. The van der Waals surface area contributed by atoms with Crippen LogP contribution in [0.1, 0.15) is 18.0 Å². The minimum Gasteiger partial charge on any atom is -0.373 e. The number of hydrogen-bond donors (Lipinski definition) is 1. The van der Waals surface area contributed by atoms with Crippen molar-refractivity contribution < 1.29 is 13.6 Å². The molecule has 0 spiro atoms. The first-order valence-electron chi connectivity index (χ1n) is 10.8. The average Bonchev–Trinajstić information content (AvgIpc) is 3.28. The second-order valence-corrected chi connectivity index (χ2v) is 8.32. The number of nitrogens with zero attached hydrogens (tertiary/aromatic N) is 5. The minimum absolute atomic E-state index is 0.338. The Morgan fingerprint density at radius 1 is 1.00 bits per heavy atom. The molecule has 33 heavy (non-hydrogen) atoms. The van der Waals surface area contributed by atoms with Crippen LogP contribution in [0.15, 0.2) is 54.9 Å². The van der Waals surface area contributed by atoms with E-state index in [1.165, 1.54) is 18.5 Å². The van der Waals surface area contributed by atoms with Crippen molar-refractivity contribution in [1.82, 2.24) is 14.9 Å². The molecule has 1 aromatic heterocycles. The maximum absolute atomic E-state index is 13.7. The highest BCUT2D eigenvalue weighted by molar-refractivity contribution is 5.62. The summed E-state index contributed by atoms with van der Waals surface area (Å²) in [5.74, 6) is -0.122. The van der Waals surface area contributed by atoms with Gasteiger partial charge in [0.05, 0.1) is 12.6 Å². The molecule has 9 heteroatoms. The largest absolute Gasteiger partial charge is 0.373 e. The van der Waals surface area contributed by atoms with Gasteiger partial charge in [0, 0.05) is 50.1 Å². The van der Waals surface area contributed by atoms with Gasteiger partial charge in [-0.1, -0.05) is 0 Å². The van der Waals surface area contributed by atoms with E-state index in [1.807, 2.05) is 12.1 Å². The van der Waals surface area contributed by atoms with Crippen molar-refractivity contribution in [1.29, 1.82) is 0 Å². The van der Waals surface area contributed by atoms with Gasteiger partial charge in [-0.15, -0.1) is 0 Å². The van der Waals surface area contributed by atoms with Crippen LogP contribution >= 0.6 is 0 Å². The van der Waals surface area contributed by atoms with Gasteiger partial charge in [0.25, 0.3) is 0 Å².